The van der Waals surface area contributed by atoms with Crippen molar-refractivity contribution in [3.05, 3.63) is 53.1 Å². The van der Waals surface area contributed by atoms with Crippen molar-refractivity contribution in [3.63, 3.8) is 0 Å². The van der Waals surface area contributed by atoms with E-state index in [9.17, 15) is 0 Å². The molecule has 0 radical (unpaired) electrons. The maximum absolute atomic E-state index is 3.12. The van der Waals surface area contributed by atoms with Gasteiger partial charge in [-0.05, 0) is 85.6 Å². The van der Waals surface area contributed by atoms with Crippen LogP contribution < -0.4 is 0 Å². The second kappa shape index (κ2) is 7.95. The zero-order valence-corrected chi connectivity index (χ0v) is 23.5. The third kappa shape index (κ3) is 3.66. The zero-order chi connectivity index (χ0) is 23.8. The van der Waals surface area contributed by atoms with Gasteiger partial charge in [0.2, 0.25) is 0 Å². The van der Waals surface area contributed by atoms with Crippen LogP contribution in [0.15, 0.2) is 42.0 Å². The predicted octanol–water partition coefficient (Wildman–Crippen LogP) is 8.58. The molecule has 0 amide bonds. The number of hydrogen-bond acceptors (Lipinski definition) is 1. The van der Waals surface area contributed by atoms with E-state index in [2.05, 4.69) is 95.6 Å². The van der Waals surface area contributed by atoms with E-state index in [0.717, 1.165) is 23.4 Å². The van der Waals surface area contributed by atoms with Gasteiger partial charge in [0.05, 0.1) is 0 Å². The maximum Gasteiger partial charge on any atom is 0.127 e. The summed E-state index contributed by atoms with van der Waals surface area (Å²) in [7, 11) is -1.71. The largest absolute Gasteiger partial charge is 0.316 e. The third-order valence-corrected chi connectivity index (χ3v) is 14.7. The molecule has 0 saturated heterocycles. The summed E-state index contributed by atoms with van der Waals surface area (Å²) in [6, 6.07) is 10.0. The number of fused-ring (bicyclic) bond motifs is 4. The summed E-state index contributed by atoms with van der Waals surface area (Å²) in [6.45, 7) is 20.4. The maximum atomic E-state index is 3.12. The molecule has 0 spiro atoms. The summed E-state index contributed by atoms with van der Waals surface area (Å²) >= 11 is 0. The van der Waals surface area contributed by atoms with Gasteiger partial charge >= 0.3 is 0 Å². The molecule has 0 aliphatic heterocycles. The van der Waals surface area contributed by atoms with Gasteiger partial charge in [0.15, 0.2) is 0 Å². The summed E-state index contributed by atoms with van der Waals surface area (Å²) < 4.78 is 3.12. The molecule has 4 aliphatic carbocycles. The average Bonchev–Trinajstić information content (AvgIpc) is 3.17. The Morgan fingerprint density at radius 2 is 1.64 bits per heavy atom. The van der Waals surface area contributed by atoms with Crippen molar-refractivity contribution < 1.29 is 0 Å². The molecule has 0 aromatic heterocycles. The minimum Gasteiger partial charge on any atom is -0.316 e. The van der Waals surface area contributed by atoms with Crippen LogP contribution in [0.25, 0.3) is 5.57 Å². The highest BCUT2D eigenvalue weighted by Crippen LogP contribution is 2.61. The fourth-order valence-corrected chi connectivity index (χ4v) is 15.2. The van der Waals surface area contributed by atoms with Crippen molar-refractivity contribution >= 4 is 13.8 Å². The van der Waals surface area contributed by atoms with Crippen LogP contribution in [0.1, 0.15) is 91.2 Å². The molecule has 1 aromatic carbocycles. The fraction of sp³-hybridized carbons (Fsp3) is 0.677. The summed E-state index contributed by atoms with van der Waals surface area (Å²) in [6.07, 6.45) is 14.0. The molecule has 0 bridgehead atoms. The molecule has 33 heavy (non-hydrogen) atoms. The molecule has 2 fully saturated rings. The number of hydrogen-bond donors (Lipinski definition) is 0. The van der Waals surface area contributed by atoms with Crippen LogP contribution in [0.3, 0.4) is 0 Å². The Balaban J connectivity index is 1.56. The first-order valence-corrected chi connectivity index (χ1v) is 16.8. The van der Waals surface area contributed by atoms with Gasteiger partial charge in [0.1, 0.15) is 8.24 Å². The summed E-state index contributed by atoms with van der Waals surface area (Å²) in [4.78, 5) is 0. The smallest absolute Gasteiger partial charge is 0.127 e. The molecule has 0 heterocycles. The highest BCUT2D eigenvalue weighted by molar-refractivity contribution is 6.76. The van der Waals surface area contributed by atoms with Crippen LogP contribution in [0.5, 0.6) is 0 Å². The normalized spacial score (nSPS) is 31.7. The average molecular weight is 462 g/mol. The Hall–Kier alpha value is -1.12. The SMILES string of the molecule is CC1CC2C=C3C(=CC2C1[Si](C)(C)N(C1CCCCC1)C(C)(C)C)c1ccccc1C3(C)C. The van der Waals surface area contributed by atoms with Crippen LogP contribution in [-0.4, -0.2) is 24.4 Å². The molecule has 4 unspecified atom stereocenters. The molecular weight excluding hydrogens is 414 g/mol. The van der Waals surface area contributed by atoms with Crippen molar-refractivity contribution in [2.45, 2.75) is 116 Å². The predicted molar refractivity (Wildman–Crippen MR) is 146 cm³/mol. The van der Waals surface area contributed by atoms with E-state index < -0.39 is 8.24 Å². The van der Waals surface area contributed by atoms with Gasteiger partial charge in [-0.2, -0.15) is 0 Å². The van der Waals surface area contributed by atoms with E-state index in [1.54, 1.807) is 11.1 Å². The second-order valence-corrected chi connectivity index (χ2v) is 18.3. The molecule has 2 heteroatoms. The van der Waals surface area contributed by atoms with Crippen molar-refractivity contribution in [2.75, 3.05) is 0 Å². The lowest BCUT2D eigenvalue weighted by molar-refractivity contribution is 0.139. The monoisotopic (exact) mass is 461 g/mol. The molecule has 180 valence electrons. The third-order valence-electron chi connectivity index (χ3n) is 9.86. The van der Waals surface area contributed by atoms with E-state index in [0.29, 0.717) is 5.92 Å². The van der Waals surface area contributed by atoms with Gasteiger partial charge in [-0.1, -0.05) is 89.5 Å². The van der Waals surface area contributed by atoms with Crippen molar-refractivity contribution in [3.8, 4) is 0 Å². The number of benzene rings is 1. The van der Waals surface area contributed by atoms with E-state index in [-0.39, 0.29) is 11.0 Å². The summed E-state index contributed by atoms with van der Waals surface area (Å²) in [5.41, 5.74) is 7.43. The van der Waals surface area contributed by atoms with Gasteiger partial charge in [0.25, 0.3) is 0 Å². The Bertz CT molecular complexity index is 969. The zero-order valence-electron chi connectivity index (χ0n) is 22.5. The van der Waals surface area contributed by atoms with E-state index in [1.165, 1.54) is 49.7 Å². The minimum atomic E-state index is -1.71. The number of nitrogens with zero attached hydrogens (tertiary/aromatic N) is 1. The number of rotatable bonds is 3. The summed E-state index contributed by atoms with van der Waals surface area (Å²) in [5, 5.41) is 0. The molecule has 4 aliphatic rings. The van der Waals surface area contributed by atoms with Crippen molar-refractivity contribution in [1.82, 2.24) is 4.57 Å². The highest BCUT2D eigenvalue weighted by atomic mass is 28.3. The minimum absolute atomic E-state index is 0.140. The molecular formula is C31H47NSi. The van der Waals surface area contributed by atoms with Crippen molar-refractivity contribution in [2.24, 2.45) is 17.8 Å². The van der Waals surface area contributed by atoms with Gasteiger partial charge < -0.3 is 4.57 Å². The molecule has 0 N–H and O–H groups in total. The molecule has 5 rings (SSSR count). The van der Waals surface area contributed by atoms with E-state index in [4.69, 9.17) is 0 Å². The standard InChI is InChI=1S/C31H47NSi/c1-21-18-22-19-28-26(24-16-12-13-17-27(24)31(28,5)6)20-25(22)29(21)33(7,8)32(30(2,3)4)23-14-10-9-11-15-23/h12-13,16-17,19-23,25,29H,9-11,14-15,18H2,1-8H3. The fourth-order valence-electron chi connectivity index (χ4n) is 9.11. The van der Waals surface area contributed by atoms with Gasteiger partial charge in [-0.25, -0.2) is 0 Å². The van der Waals surface area contributed by atoms with Crippen LogP contribution in [0.4, 0.5) is 0 Å². The lowest BCUT2D eigenvalue weighted by Gasteiger charge is -2.56. The lowest BCUT2D eigenvalue weighted by Crippen LogP contribution is -2.65. The van der Waals surface area contributed by atoms with Gasteiger partial charge in [-0.3, -0.25) is 0 Å². The second-order valence-electron chi connectivity index (χ2n) is 13.8. The van der Waals surface area contributed by atoms with Gasteiger partial charge in [0, 0.05) is 17.0 Å². The molecule has 4 atom stereocenters. The van der Waals surface area contributed by atoms with E-state index >= 15 is 0 Å². The van der Waals surface area contributed by atoms with Gasteiger partial charge in [-0.15, -0.1) is 0 Å². The molecule has 1 nitrogen and oxygen atoms in total. The quantitative estimate of drug-likeness (QED) is 0.407. The first kappa shape index (κ1) is 23.6. The van der Waals surface area contributed by atoms with Crippen LogP contribution in [0, 0.1) is 17.8 Å². The van der Waals surface area contributed by atoms with Crippen LogP contribution in [-0.2, 0) is 5.41 Å². The Labute approximate surface area is 204 Å². The Morgan fingerprint density at radius 3 is 2.30 bits per heavy atom. The first-order chi connectivity index (χ1) is 15.4. The first-order valence-electron chi connectivity index (χ1n) is 13.8. The van der Waals surface area contributed by atoms with Crippen LogP contribution >= 0.6 is 0 Å². The number of allylic oxidation sites excluding steroid dienone is 4. The topological polar surface area (TPSA) is 3.24 Å². The van der Waals surface area contributed by atoms with Crippen LogP contribution in [0.2, 0.25) is 18.6 Å². The molecule has 1 aromatic rings. The Kier molecular flexibility index (Phi) is 5.69. The lowest BCUT2D eigenvalue weighted by atomic mass is 9.76. The Morgan fingerprint density at radius 1 is 0.970 bits per heavy atom. The van der Waals surface area contributed by atoms with Crippen molar-refractivity contribution in [1.29, 1.82) is 0 Å². The van der Waals surface area contributed by atoms with E-state index in [1.807, 2.05) is 0 Å². The molecule has 2 saturated carbocycles. The summed E-state index contributed by atoms with van der Waals surface area (Å²) in [5.74, 6) is 2.23. The highest BCUT2D eigenvalue weighted by Gasteiger charge is 2.55.